The fraction of sp³-hybridized carbons (Fsp3) is 0.222. The first-order chi connectivity index (χ1) is 18.3. The first kappa shape index (κ1) is 24.9. The van der Waals surface area contributed by atoms with Gasteiger partial charge >= 0.3 is 6.09 Å². The Hall–Kier alpha value is -4.80. The van der Waals surface area contributed by atoms with Crippen LogP contribution in [0, 0.1) is 0 Å². The van der Waals surface area contributed by atoms with Crippen molar-refractivity contribution in [2.75, 3.05) is 32.1 Å². The van der Waals surface area contributed by atoms with Crippen LogP contribution in [0.3, 0.4) is 0 Å². The maximum atomic E-state index is 13.3. The van der Waals surface area contributed by atoms with Crippen molar-refractivity contribution < 1.29 is 23.5 Å². The van der Waals surface area contributed by atoms with Crippen LogP contribution in [0.15, 0.2) is 67.4 Å². The SMILES string of the molecule is C=C(F)C(=O)N1CCN(C(=O)Oc2cc3c(Nc4cnc5ccccc5c4)ncnc3cc2OC)[C@H](C)C1. The van der Waals surface area contributed by atoms with Crippen molar-refractivity contribution in [3.05, 3.63) is 67.4 Å². The van der Waals surface area contributed by atoms with Crippen molar-refractivity contribution in [3.63, 3.8) is 0 Å². The van der Waals surface area contributed by atoms with Gasteiger partial charge in [0.15, 0.2) is 17.3 Å². The average Bonchev–Trinajstić information content (AvgIpc) is 2.92. The van der Waals surface area contributed by atoms with Crippen LogP contribution in [-0.4, -0.2) is 69.5 Å². The topological polar surface area (TPSA) is 110 Å². The van der Waals surface area contributed by atoms with Gasteiger partial charge in [-0.15, -0.1) is 0 Å². The van der Waals surface area contributed by atoms with E-state index in [9.17, 15) is 14.0 Å². The van der Waals surface area contributed by atoms with Crippen molar-refractivity contribution in [2.45, 2.75) is 13.0 Å². The highest BCUT2D eigenvalue weighted by atomic mass is 19.1. The third kappa shape index (κ3) is 4.90. The van der Waals surface area contributed by atoms with E-state index in [4.69, 9.17) is 9.47 Å². The van der Waals surface area contributed by atoms with Crippen LogP contribution in [0.1, 0.15) is 6.92 Å². The van der Waals surface area contributed by atoms with Crippen molar-refractivity contribution >= 4 is 45.3 Å². The van der Waals surface area contributed by atoms with E-state index in [0.29, 0.717) is 22.5 Å². The Balaban J connectivity index is 1.40. The van der Waals surface area contributed by atoms with E-state index in [1.165, 1.54) is 23.2 Å². The number of methoxy groups -OCH3 is 1. The van der Waals surface area contributed by atoms with Crippen molar-refractivity contribution in [1.29, 1.82) is 0 Å². The van der Waals surface area contributed by atoms with Gasteiger partial charge in [-0.05, 0) is 25.1 Å². The van der Waals surface area contributed by atoms with Crippen LogP contribution in [0.5, 0.6) is 11.5 Å². The summed E-state index contributed by atoms with van der Waals surface area (Å²) < 4.78 is 24.5. The highest BCUT2D eigenvalue weighted by Gasteiger charge is 2.32. The third-order valence-corrected chi connectivity index (χ3v) is 6.35. The summed E-state index contributed by atoms with van der Waals surface area (Å²) in [6.45, 7) is 5.32. The number of pyridine rings is 1. The predicted octanol–water partition coefficient (Wildman–Crippen LogP) is 4.44. The lowest BCUT2D eigenvalue weighted by Gasteiger charge is -2.38. The molecule has 0 aliphatic carbocycles. The molecule has 0 spiro atoms. The molecule has 1 N–H and O–H groups in total. The summed E-state index contributed by atoms with van der Waals surface area (Å²) in [5.74, 6) is -0.803. The van der Waals surface area contributed by atoms with E-state index in [1.807, 2.05) is 30.3 Å². The monoisotopic (exact) mass is 516 g/mol. The maximum Gasteiger partial charge on any atom is 0.415 e. The highest BCUT2D eigenvalue weighted by molar-refractivity contribution is 5.94. The van der Waals surface area contributed by atoms with Gasteiger partial charge < -0.3 is 24.6 Å². The van der Waals surface area contributed by atoms with Gasteiger partial charge in [0.2, 0.25) is 0 Å². The molecule has 2 amide bonds. The minimum Gasteiger partial charge on any atom is -0.493 e. The summed E-state index contributed by atoms with van der Waals surface area (Å²) in [7, 11) is 1.47. The zero-order valence-electron chi connectivity index (χ0n) is 20.8. The molecule has 2 aromatic heterocycles. The van der Waals surface area contributed by atoms with Crippen LogP contribution in [0.4, 0.5) is 20.7 Å². The summed E-state index contributed by atoms with van der Waals surface area (Å²) in [4.78, 5) is 41.0. The summed E-state index contributed by atoms with van der Waals surface area (Å²) in [6, 6.07) is 12.6. The first-order valence-corrected chi connectivity index (χ1v) is 11.9. The van der Waals surface area contributed by atoms with E-state index >= 15 is 0 Å². The van der Waals surface area contributed by atoms with Crippen LogP contribution >= 0.6 is 0 Å². The molecule has 1 atom stereocenters. The highest BCUT2D eigenvalue weighted by Crippen LogP contribution is 2.35. The number of benzene rings is 2. The van der Waals surface area contributed by atoms with Crippen LogP contribution < -0.4 is 14.8 Å². The molecule has 0 radical (unpaired) electrons. The molecule has 0 unspecified atom stereocenters. The molecule has 4 aromatic rings. The molecule has 11 heteroatoms. The number of para-hydroxylation sites is 1. The minimum atomic E-state index is -1.03. The zero-order valence-corrected chi connectivity index (χ0v) is 20.8. The molecule has 1 aliphatic heterocycles. The van der Waals surface area contributed by atoms with Crippen molar-refractivity contribution in [2.24, 2.45) is 0 Å². The number of nitrogens with zero attached hydrogens (tertiary/aromatic N) is 5. The van der Waals surface area contributed by atoms with Crippen molar-refractivity contribution in [1.82, 2.24) is 24.8 Å². The zero-order chi connectivity index (χ0) is 26.8. The van der Waals surface area contributed by atoms with E-state index in [-0.39, 0.29) is 25.4 Å². The first-order valence-electron chi connectivity index (χ1n) is 11.9. The second kappa shape index (κ2) is 10.3. The third-order valence-electron chi connectivity index (χ3n) is 6.35. The number of piperazine rings is 1. The summed E-state index contributed by atoms with van der Waals surface area (Å²) >= 11 is 0. The molecule has 0 bridgehead atoms. The number of ether oxygens (including phenoxy) is 2. The van der Waals surface area contributed by atoms with Gasteiger partial charge in [-0.3, -0.25) is 9.78 Å². The summed E-state index contributed by atoms with van der Waals surface area (Å²) in [6.07, 6.45) is 2.52. The average molecular weight is 517 g/mol. The summed E-state index contributed by atoms with van der Waals surface area (Å²) in [5, 5.41) is 4.85. The molecule has 10 nitrogen and oxygen atoms in total. The predicted molar refractivity (Wildman–Crippen MR) is 140 cm³/mol. The standard InChI is InChI=1S/C27H25FN6O4/c1-16-14-33(26(35)17(2)28)8-9-34(16)27(36)38-24-11-20-22(12-23(24)37-3)30-15-31-25(20)32-19-10-18-6-4-5-7-21(18)29-13-19/h4-7,10-13,15-16H,2,8-9,14H2,1,3H3,(H,30,31,32)/t16-/m1/s1. The molecular formula is C27H25FN6O4. The van der Waals surface area contributed by atoms with E-state index in [2.05, 4.69) is 26.8 Å². The van der Waals surface area contributed by atoms with Gasteiger partial charge in [-0.25, -0.2) is 19.2 Å². The Morgan fingerprint density at radius 3 is 2.66 bits per heavy atom. The Morgan fingerprint density at radius 1 is 1.08 bits per heavy atom. The molecular weight excluding hydrogens is 491 g/mol. The fourth-order valence-corrected chi connectivity index (χ4v) is 4.42. The molecule has 1 saturated heterocycles. The van der Waals surface area contributed by atoms with Gasteiger partial charge in [0.1, 0.15) is 12.1 Å². The summed E-state index contributed by atoms with van der Waals surface area (Å²) in [5.41, 5.74) is 2.19. The Kier molecular flexibility index (Phi) is 6.73. The maximum absolute atomic E-state index is 13.3. The number of hydrogen-bond donors (Lipinski definition) is 1. The Bertz CT molecular complexity index is 1560. The number of rotatable bonds is 5. The lowest BCUT2D eigenvalue weighted by molar-refractivity contribution is -0.131. The second-order valence-electron chi connectivity index (χ2n) is 8.85. The number of anilines is 2. The molecule has 3 heterocycles. The number of amides is 2. The fourth-order valence-electron chi connectivity index (χ4n) is 4.42. The van der Waals surface area contributed by atoms with E-state index in [1.54, 1.807) is 25.3 Å². The van der Waals surface area contributed by atoms with Gasteiger partial charge in [0.25, 0.3) is 5.91 Å². The van der Waals surface area contributed by atoms with E-state index in [0.717, 1.165) is 16.6 Å². The lowest BCUT2D eigenvalue weighted by Crippen LogP contribution is -2.56. The molecule has 0 saturated carbocycles. The quantitative estimate of drug-likeness (QED) is 0.388. The molecule has 1 fully saturated rings. The van der Waals surface area contributed by atoms with E-state index < -0.39 is 23.9 Å². The number of carbonyl (C=O) groups excluding carboxylic acids is 2. The lowest BCUT2D eigenvalue weighted by atomic mass is 10.2. The Labute approximate surface area is 217 Å². The number of hydrogen-bond acceptors (Lipinski definition) is 8. The molecule has 194 valence electrons. The molecule has 38 heavy (non-hydrogen) atoms. The molecule has 1 aliphatic rings. The Morgan fingerprint density at radius 2 is 1.89 bits per heavy atom. The van der Waals surface area contributed by atoms with Gasteiger partial charge in [-0.1, -0.05) is 24.8 Å². The smallest absolute Gasteiger partial charge is 0.415 e. The van der Waals surface area contributed by atoms with Crippen LogP contribution in [0.2, 0.25) is 0 Å². The minimum absolute atomic E-state index is 0.160. The second-order valence-corrected chi connectivity index (χ2v) is 8.85. The van der Waals surface area contributed by atoms with Gasteiger partial charge in [-0.2, -0.15) is 0 Å². The van der Waals surface area contributed by atoms with Crippen LogP contribution in [0.25, 0.3) is 21.8 Å². The number of aromatic nitrogens is 3. The van der Waals surface area contributed by atoms with Gasteiger partial charge in [0, 0.05) is 42.5 Å². The van der Waals surface area contributed by atoms with Gasteiger partial charge in [0.05, 0.1) is 30.0 Å². The molecule has 5 rings (SSSR count). The number of carbonyl (C=O) groups is 2. The van der Waals surface area contributed by atoms with Crippen molar-refractivity contribution in [3.8, 4) is 11.5 Å². The largest absolute Gasteiger partial charge is 0.493 e. The number of nitrogens with one attached hydrogen (secondary N) is 1. The molecule has 2 aromatic carbocycles. The normalized spacial score (nSPS) is 15.4. The number of fused-ring (bicyclic) bond motifs is 2. The van der Waals surface area contributed by atoms with Crippen LogP contribution in [-0.2, 0) is 4.79 Å². The number of halogens is 1.